The first-order chi connectivity index (χ1) is 10.9. The van der Waals surface area contributed by atoms with Crippen molar-refractivity contribution in [2.24, 2.45) is 16.7 Å². The summed E-state index contributed by atoms with van der Waals surface area (Å²) in [6.45, 7) is 7.12. The highest BCUT2D eigenvalue weighted by atomic mass is 32.2. The van der Waals surface area contributed by atoms with E-state index in [1.54, 1.807) is 18.9 Å². The molecule has 2 fully saturated rings. The average molecular weight is 333 g/mol. The lowest BCUT2D eigenvalue weighted by Crippen LogP contribution is -2.47. The molecule has 0 radical (unpaired) electrons. The van der Waals surface area contributed by atoms with Gasteiger partial charge in [-0.15, -0.1) is 11.8 Å². The van der Waals surface area contributed by atoms with E-state index in [1.165, 1.54) is 12.8 Å². The van der Waals surface area contributed by atoms with Crippen LogP contribution in [-0.4, -0.2) is 24.8 Å². The third kappa shape index (κ3) is 2.86. The third-order valence-electron chi connectivity index (χ3n) is 6.56. The van der Waals surface area contributed by atoms with Crippen molar-refractivity contribution >= 4 is 17.7 Å². The van der Waals surface area contributed by atoms with Crippen molar-refractivity contribution in [1.29, 1.82) is 0 Å². The molecule has 1 N–H and O–H groups in total. The van der Waals surface area contributed by atoms with Crippen LogP contribution in [0.2, 0.25) is 0 Å². The summed E-state index contributed by atoms with van der Waals surface area (Å²) in [5, 5.41) is 3.31. The van der Waals surface area contributed by atoms with Gasteiger partial charge in [-0.3, -0.25) is 4.79 Å². The maximum atomic E-state index is 12.4. The van der Waals surface area contributed by atoms with Crippen LogP contribution in [0.3, 0.4) is 0 Å². The van der Waals surface area contributed by atoms with Gasteiger partial charge in [-0.1, -0.05) is 20.8 Å². The van der Waals surface area contributed by atoms with Crippen LogP contribution >= 0.6 is 11.8 Å². The Balaban J connectivity index is 1.54. The number of ether oxygens (including phenoxy) is 1. The molecule has 0 aromatic heterocycles. The number of methoxy groups -OCH3 is 1. The Hall–Kier alpha value is -1.16. The molecule has 4 heteroatoms. The van der Waals surface area contributed by atoms with E-state index in [9.17, 15) is 4.79 Å². The molecule has 0 heterocycles. The number of hydrogen-bond acceptors (Lipinski definition) is 3. The monoisotopic (exact) mass is 333 g/mol. The molecule has 3 atom stereocenters. The summed E-state index contributed by atoms with van der Waals surface area (Å²) in [5.74, 6) is 2.23. The molecule has 2 aliphatic carbocycles. The van der Waals surface area contributed by atoms with Crippen molar-refractivity contribution < 1.29 is 9.53 Å². The largest absolute Gasteiger partial charge is 0.497 e. The van der Waals surface area contributed by atoms with Crippen LogP contribution in [0.1, 0.15) is 40.0 Å². The number of hydrogen-bond donors (Lipinski definition) is 1. The lowest BCUT2D eigenvalue weighted by atomic mass is 9.69. The van der Waals surface area contributed by atoms with Gasteiger partial charge in [0.15, 0.2) is 0 Å². The number of carbonyl (C=O) groups excluding carboxylic acids is 1. The van der Waals surface area contributed by atoms with E-state index in [0.29, 0.717) is 17.2 Å². The second-order valence-electron chi connectivity index (χ2n) is 7.69. The molecule has 2 aliphatic rings. The van der Waals surface area contributed by atoms with Crippen molar-refractivity contribution in [3.63, 3.8) is 0 Å². The number of rotatable bonds is 5. The predicted octanol–water partition coefficient (Wildman–Crippen LogP) is 4.12. The molecule has 0 saturated heterocycles. The van der Waals surface area contributed by atoms with Crippen LogP contribution in [0.4, 0.5) is 0 Å². The number of thioether (sulfide) groups is 1. The molecule has 3 nitrogen and oxygen atoms in total. The van der Waals surface area contributed by atoms with Crippen molar-refractivity contribution in [2.75, 3.05) is 12.9 Å². The average Bonchev–Trinajstić information content (AvgIpc) is 2.87. The van der Waals surface area contributed by atoms with Gasteiger partial charge in [0.1, 0.15) is 5.75 Å². The van der Waals surface area contributed by atoms with Gasteiger partial charge >= 0.3 is 0 Å². The lowest BCUT2D eigenvalue weighted by molar-refractivity contribution is -0.120. The molecule has 1 amide bonds. The fraction of sp³-hybridized carbons (Fsp3) is 0.632. The van der Waals surface area contributed by atoms with E-state index in [0.717, 1.165) is 23.0 Å². The van der Waals surface area contributed by atoms with Crippen LogP contribution in [0.15, 0.2) is 29.2 Å². The molecule has 1 aromatic carbocycles. The number of nitrogens with one attached hydrogen (secondary N) is 1. The first-order valence-electron chi connectivity index (χ1n) is 8.43. The molecular formula is C19H27NO2S. The van der Waals surface area contributed by atoms with E-state index >= 15 is 0 Å². The van der Waals surface area contributed by atoms with Crippen LogP contribution in [-0.2, 0) is 4.79 Å². The molecule has 126 valence electrons. The SMILES string of the molecule is COc1ccc(SCC(=O)NC2CC3CCC2(C)C3(C)C)cc1. The molecule has 2 bridgehead atoms. The van der Waals surface area contributed by atoms with Gasteiger partial charge in [-0.05, 0) is 60.3 Å². The zero-order valence-electron chi connectivity index (χ0n) is 14.5. The van der Waals surface area contributed by atoms with Crippen LogP contribution < -0.4 is 10.1 Å². The lowest BCUT2D eigenvalue weighted by Gasteiger charge is -2.39. The molecular weight excluding hydrogens is 306 g/mol. The van der Waals surface area contributed by atoms with Gasteiger partial charge in [0.05, 0.1) is 12.9 Å². The molecule has 0 spiro atoms. The summed E-state index contributed by atoms with van der Waals surface area (Å²) < 4.78 is 5.15. The topological polar surface area (TPSA) is 38.3 Å². The van der Waals surface area contributed by atoms with Gasteiger partial charge in [-0.2, -0.15) is 0 Å². The molecule has 3 unspecified atom stereocenters. The number of benzene rings is 1. The Bertz CT molecular complexity index is 584. The summed E-state index contributed by atoms with van der Waals surface area (Å²) in [6.07, 6.45) is 3.69. The summed E-state index contributed by atoms with van der Waals surface area (Å²) in [5.41, 5.74) is 0.589. The van der Waals surface area contributed by atoms with E-state index in [1.807, 2.05) is 24.3 Å². The van der Waals surface area contributed by atoms with Gasteiger partial charge in [0.25, 0.3) is 0 Å². The predicted molar refractivity (Wildman–Crippen MR) is 94.9 cm³/mol. The Morgan fingerprint density at radius 3 is 2.52 bits per heavy atom. The molecule has 0 aliphatic heterocycles. The maximum absolute atomic E-state index is 12.4. The summed E-state index contributed by atoms with van der Waals surface area (Å²) in [7, 11) is 1.66. The zero-order chi connectivity index (χ0) is 16.7. The fourth-order valence-corrected chi connectivity index (χ4v) is 5.19. The number of amides is 1. The van der Waals surface area contributed by atoms with Gasteiger partial charge < -0.3 is 10.1 Å². The van der Waals surface area contributed by atoms with Gasteiger partial charge in [0, 0.05) is 10.9 Å². The second-order valence-corrected chi connectivity index (χ2v) is 8.74. The summed E-state index contributed by atoms with van der Waals surface area (Å²) in [6, 6.07) is 8.19. The first kappa shape index (κ1) is 16.7. The van der Waals surface area contributed by atoms with E-state index < -0.39 is 0 Å². The van der Waals surface area contributed by atoms with Crippen LogP contribution in [0.25, 0.3) is 0 Å². The van der Waals surface area contributed by atoms with E-state index in [2.05, 4.69) is 26.1 Å². The first-order valence-corrected chi connectivity index (χ1v) is 9.41. The molecule has 1 aromatic rings. The van der Waals surface area contributed by atoms with Crippen molar-refractivity contribution in [2.45, 2.75) is 51.0 Å². The highest BCUT2D eigenvalue weighted by molar-refractivity contribution is 8.00. The number of fused-ring (bicyclic) bond motifs is 2. The Morgan fingerprint density at radius 1 is 1.30 bits per heavy atom. The summed E-state index contributed by atoms with van der Waals surface area (Å²) >= 11 is 1.58. The van der Waals surface area contributed by atoms with Gasteiger partial charge in [0.2, 0.25) is 5.91 Å². The van der Waals surface area contributed by atoms with Crippen LogP contribution in [0, 0.1) is 16.7 Å². The second kappa shape index (κ2) is 6.04. The van der Waals surface area contributed by atoms with Crippen molar-refractivity contribution in [3.8, 4) is 5.75 Å². The standard InChI is InChI=1S/C19H27NO2S/c1-18(2)13-9-10-19(18,3)16(11-13)20-17(21)12-23-15-7-5-14(22-4)6-8-15/h5-8,13,16H,9-12H2,1-4H3,(H,20,21). The highest BCUT2D eigenvalue weighted by Gasteiger charge is 2.61. The van der Waals surface area contributed by atoms with Crippen LogP contribution in [0.5, 0.6) is 5.75 Å². The summed E-state index contributed by atoms with van der Waals surface area (Å²) in [4.78, 5) is 13.5. The third-order valence-corrected chi connectivity index (χ3v) is 7.57. The highest BCUT2D eigenvalue weighted by Crippen LogP contribution is 2.65. The molecule has 2 saturated carbocycles. The Kier molecular flexibility index (Phi) is 4.39. The number of carbonyl (C=O) groups is 1. The zero-order valence-corrected chi connectivity index (χ0v) is 15.3. The molecule has 3 rings (SSSR count). The van der Waals surface area contributed by atoms with E-state index in [-0.39, 0.29) is 11.3 Å². The Labute approximate surface area is 143 Å². The van der Waals surface area contributed by atoms with Crippen molar-refractivity contribution in [3.05, 3.63) is 24.3 Å². The fourth-order valence-electron chi connectivity index (χ4n) is 4.48. The molecule has 23 heavy (non-hydrogen) atoms. The minimum absolute atomic E-state index is 0.153. The minimum atomic E-state index is 0.153. The maximum Gasteiger partial charge on any atom is 0.230 e. The van der Waals surface area contributed by atoms with Crippen molar-refractivity contribution in [1.82, 2.24) is 5.32 Å². The smallest absolute Gasteiger partial charge is 0.230 e. The quantitative estimate of drug-likeness (QED) is 0.824. The minimum Gasteiger partial charge on any atom is -0.497 e. The van der Waals surface area contributed by atoms with Gasteiger partial charge in [-0.25, -0.2) is 0 Å². The normalized spacial score (nSPS) is 31.1. The Morgan fingerprint density at radius 2 is 2.00 bits per heavy atom. The van der Waals surface area contributed by atoms with E-state index in [4.69, 9.17) is 4.74 Å².